The summed E-state index contributed by atoms with van der Waals surface area (Å²) in [5, 5.41) is 0. The summed E-state index contributed by atoms with van der Waals surface area (Å²) in [5.41, 5.74) is 6.41. The Balaban J connectivity index is 1.95. The van der Waals surface area contributed by atoms with Crippen molar-refractivity contribution < 1.29 is 8.42 Å². The lowest BCUT2D eigenvalue weighted by molar-refractivity contribution is 0.399. The van der Waals surface area contributed by atoms with Crippen LogP contribution >= 0.6 is 0 Å². The third kappa shape index (κ3) is 4.03. The molecule has 0 spiro atoms. The molecule has 1 saturated carbocycles. The second-order valence-corrected chi connectivity index (χ2v) is 7.19. The first-order chi connectivity index (χ1) is 9.05. The van der Waals surface area contributed by atoms with Crippen LogP contribution in [0.15, 0.2) is 30.3 Å². The molecule has 5 heteroatoms. The second kappa shape index (κ2) is 6.03. The zero-order valence-corrected chi connectivity index (χ0v) is 12.0. The van der Waals surface area contributed by atoms with E-state index in [1.165, 1.54) is 0 Å². The Morgan fingerprint density at radius 1 is 1.16 bits per heavy atom. The first-order valence-electron chi connectivity index (χ1n) is 6.81. The molecule has 19 heavy (non-hydrogen) atoms. The van der Waals surface area contributed by atoms with Gasteiger partial charge in [-0.2, -0.15) is 0 Å². The summed E-state index contributed by atoms with van der Waals surface area (Å²) in [6.45, 7) is 0.386. The van der Waals surface area contributed by atoms with Crippen molar-refractivity contribution in [3.8, 4) is 0 Å². The van der Waals surface area contributed by atoms with Gasteiger partial charge in [0.15, 0.2) is 0 Å². The molecule has 0 atom stereocenters. The highest BCUT2D eigenvalue weighted by molar-refractivity contribution is 7.89. The van der Waals surface area contributed by atoms with E-state index in [0.29, 0.717) is 13.0 Å². The standard InChI is InChI=1S/C14H22N2O2S/c15-12-14(9-4-5-10-14)16-19(17,18)11-8-13-6-2-1-3-7-13/h1-3,6-7,16H,4-5,8-12,15H2. The van der Waals surface area contributed by atoms with Gasteiger partial charge in [0.25, 0.3) is 0 Å². The number of benzene rings is 1. The molecule has 4 nitrogen and oxygen atoms in total. The zero-order chi connectivity index (χ0) is 13.8. The molecule has 1 aliphatic carbocycles. The van der Waals surface area contributed by atoms with Crippen LogP contribution in [0.25, 0.3) is 0 Å². The van der Waals surface area contributed by atoms with Crippen molar-refractivity contribution in [1.29, 1.82) is 0 Å². The molecule has 0 unspecified atom stereocenters. The summed E-state index contributed by atoms with van der Waals surface area (Å²) in [6.07, 6.45) is 4.36. The van der Waals surface area contributed by atoms with Crippen LogP contribution in [0, 0.1) is 0 Å². The van der Waals surface area contributed by atoms with Crippen LogP contribution in [0.2, 0.25) is 0 Å². The maximum absolute atomic E-state index is 12.2. The molecule has 1 fully saturated rings. The van der Waals surface area contributed by atoms with E-state index in [2.05, 4.69) is 4.72 Å². The molecule has 106 valence electrons. The van der Waals surface area contributed by atoms with Crippen LogP contribution in [0.5, 0.6) is 0 Å². The first-order valence-corrected chi connectivity index (χ1v) is 8.46. The molecule has 3 N–H and O–H groups in total. The monoisotopic (exact) mass is 282 g/mol. The van der Waals surface area contributed by atoms with E-state index in [4.69, 9.17) is 5.73 Å². The maximum Gasteiger partial charge on any atom is 0.212 e. The van der Waals surface area contributed by atoms with E-state index in [0.717, 1.165) is 31.2 Å². The Bertz CT molecular complexity index is 493. The van der Waals surface area contributed by atoms with Gasteiger partial charge in [-0.15, -0.1) is 0 Å². The number of hydrogen-bond acceptors (Lipinski definition) is 3. The summed E-state index contributed by atoms with van der Waals surface area (Å²) in [6, 6.07) is 9.67. The number of sulfonamides is 1. The molecule has 1 aromatic rings. The number of aryl methyl sites for hydroxylation is 1. The summed E-state index contributed by atoms with van der Waals surface area (Å²) in [7, 11) is -3.26. The second-order valence-electron chi connectivity index (χ2n) is 5.35. The summed E-state index contributed by atoms with van der Waals surface area (Å²) >= 11 is 0. The van der Waals surface area contributed by atoms with Gasteiger partial charge in [-0.3, -0.25) is 0 Å². The number of rotatable bonds is 6. The van der Waals surface area contributed by atoms with E-state index in [9.17, 15) is 8.42 Å². The minimum atomic E-state index is -3.26. The van der Waals surface area contributed by atoms with Gasteiger partial charge < -0.3 is 5.73 Å². The Labute approximate surface area is 115 Å². The molecular formula is C14H22N2O2S. The quantitative estimate of drug-likeness (QED) is 0.829. The van der Waals surface area contributed by atoms with Gasteiger partial charge >= 0.3 is 0 Å². The van der Waals surface area contributed by atoms with Gasteiger partial charge in [-0.25, -0.2) is 13.1 Å². The highest BCUT2D eigenvalue weighted by Gasteiger charge is 2.35. The minimum absolute atomic E-state index is 0.124. The smallest absolute Gasteiger partial charge is 0.212 e. The SMILES string of the molecule is NCC1(NS(=O)(=O)CCc2ccccc2)CCCC1. The molecular weight excluding hydrogens is 260 g/mol. The van der Waals surface area contributed by atoms with Gasteiger partial charge in [0.2, 0.25) is 10.0 Å². The van der Waals surface area contributed by atoms with E-state index in [1.54, 1.807) is 0 Å². The highest BCUT2D eigenvalue weighted by atomic mass is 32.2. The van der Waals surface area contributed by atoms with Crippen molar-refractivity contribution in [2.24, 2.45) is 5.73 Å². The summed E-state index contributed by atoms with van der Waals surface area (Å²) < 4.78 is 27.2. The number of nitrogens with two attached hydrogens (primary N) is 1. The molecule has 0 heterocycles. The Hall–Kier alpha value is -0.910. The van der Waals surface area contributed by atoms with E-state index >= 15 is 0 Å². The number of hydrogen-bond donors (Lipinski definition) is 2. The molecule has 2 rings (SSSR count). The molecule has 0 amide bonds. The van der Waals surface area contributed by atoms with Crippen molar-refractivity contribution >= 4 is 10.0 Å². The van der Waals surface area contributed by atoms with Gasteiger partial charge in [-0.05, 0) is 24.8 Å². The lowest BCUT2D eigenvalue weighted by Gasteiger charge is -2.28. The lowest BCUT2D eigenvalue weighted by Crippen LogP contribution is -2.52. The predicted molar refractivity (Wildman–Crippen MR) is 77.3 cm³/mol. The summed E-state index contributed by atoms with van der Waals surface area (Å²) in [5.74, 6) is 0.124. The molecule has 1 aromatic carbocycles. The highest BCUT2D eigenvalue weighted by Crippen LogP contribution is 2.29. The van der Waals surface area contributed by atoms with Crippen LogP contribution in [0.3, 0.4) is 0 Å². The van der Waals surface area contributed by atoms with Crippen molar-refractivity contribution in [1.82, 2.24) is 4.72 Å². The van der Waals surface area contributed by atoms with E-state index in [-0.39, 0.29) is 5.75 Å². The van der Waals surface area contributed by atoms with Crippen molar-refractivity contribution in [2.45, 2.75) is 37.6 Å². The van der Waals surface area contributed by atoms with Crippen LogP contribution in [0.4, 0.5) is 0 Å². The van der Waals surface area contributed by atoms with Crippen LogP contribution in [-0.4, -0.2) is 26.3 Å². The van der Waals surface area contributed by atoms with E-state index < -0.39 is 15.6 Å². The normalized spacial score (nSPS) is 18.6. The van der Waals surface area contributed by atoms with Gasteiger partial charge in [0.1, 0.15) is 0 Å². The van der Waals surface area contributed by atoms with Crippen LogP contribution in [0.1, 0.15) is 31.2 Å². The molecule has 0 radical (unpaired) electrons. The fourth-order valence-corrected chi connectivity index (χ4v) is 4.23. The average molecular weight is 282 g/mol. The largest absolute Gasteiger partial charge is 0.329 e. The van der Waals surface area contributed by atoms with E-state index in [1.807, 2.05) is 30.3 Å². The summed E-state index contributed by atoms with van der Waals surface area (Å²) in [4.78, 5) is 0. The van der Waals surface area contributed by atoms with Gasteiger partial charge in [-0.1, -0.05) is 43.2 Å². The van der Waals surface area contributed by atoms with Crippen LogP contribution < -0.4 is 10.5 Å². The van der Waals surface area contributed by atoms with Crippen molar-refractivity contribution in [3.63, 3.8) is 0 Å². The maximum atomic E-state index is 12.2. The fourth-order valence-electron chi connectivity index (χ4n) is 2.68. The third-order valence-corrected chi connectivity index (χ3v) is 5.31. The van der Waals surface area contributed by atoms with Crippen molar-refractivity contribution in [3.05, 3.63) is 35.9 Å². The first kappa shape index (κ1) is 14.5. The van der Waals surface area contributed by atoms with Gasteiger partial charge in [0, 0.05) is 12.1 Å². The number of nitrogens with one attached hydrogen (secondary N) is 1. The van der Waals surface area contributed by atoms with Crippen molar-refractivity contribution in [2.75, 3.05) is 12.3 Å². The fraction of sp³-hybridized carbons (Fsp3) is 0.571. The zero-order valence-electron chi connectivity index (χ0n) is 11.1. The average Bonchev–Trinajstić information content (AvgIpc) is 2.86. The topological polar surface area (TPSA) is 72.2 Å². The Morgan fingerprint density at radius 2 is 1.79 bits per heavy atom. The molecule has 0 bridgehead atoms. The Kier molecular flexibility index (Phi) is 4.60. The Morgan fingerprint density at radius 3 is 2.37 bits per heavy atom. The van der Waals surface area contributed by atoms with Gasteiger partial charge in [0.05, 0.1) is 5.75 Å². The lowest BCUT2D eigenvalue weighted by atomic mass is 10.0. The van der Waals surface area contributed by atoms with Crippen LogP contribution in [-0.2, 0) is 16.4 Å². The third-order valence-electron chi connectivity index (χ3n) is 3.83. The molecule has 0 saturated heterocycles. The predicted octanol–water partition coefficient (Wildman–Crippen LogP) is 1.42. The molecule has 1 aliphatic rings. The minimum Gasteiger partial charge on any atom is -0.329 e. The molecule has 0 aliphatic heterocycles. The molecule has 0 aromatic heterocycles.